The zero-order chi connectivity index (χ0) is 23.6. The van der Waals surface area contributed by atoms with E-state index in [-0.39, 0.29) is 5.91 Å². The van der Waals surface area contributed by atoms with E-state index in [1.807, 2.05) is 54.6 Å². The van der Waals surface area contributed by atoms with Gasteiger partial charge < -0.3 is 14.8 Å². The van der Waals surface area contributed by atoms with E-state index in [0.717, 1.165) is 41.3 Å². The maximum atomic E-state index is 13.0. The lowest BCUT2D eigenvalue weighted by Crippen LogP contribution is -2.14. The van der Waals surface area contributed by atoms with Crippen LogP contribution in [0.25, 0.3) is 0 Å². The Labute approximate surface area is 210 Å². The van der Waals surface area contributed by atoms with Crippen molar-refractivity contribution in [1.82, 2.24) is 0 Å². The third kappa shape index (κ3) is 7.36. The fraction of sp³-hybridized carbons (Fsp3) is 0.345. The second-order valence-electron chi connectivity index (χ2n) is 8.84. The van der Waals surface area contributed by atoms with Crippen molar-refractivity contribution >= 4 is 27.5 Å². The Hall–Kier alpha value is -2.79. The summed E-state index contributed by atoms with van der Waals surface area (Å²) in [4.78, 5) is 13.0. The molecular formula is C29H32BrNO3. The second kappa shape index (κ2) is 12.6. The van der Waals surface area contributed by atoms with Gasteiger partial charge in [-0.2, -0.15) is 0 Å². The van der Waals surface area contributed by atoms with E-state index in [0.29, 0.717) is 17.9 Å². The van der Waals surface area contributed by atoms with E-state index in [1.165, 1.54) is 37.7 Å². The predicted molar refractivity (Wildman–Crippen MR) is 141 cm³/mol. The van der Waals surface area contributed by atoms with Crippen LogP contribution >= 0.6 is 15.9 Å². The van der Waals surface area contributed by atoms with E-state index < -0.39 is 0 Å². The molecule has 0 radical (unpaired) electrons. The zero-order valence-electron chi connectivity index (χ0n) is 19.5. The molecule has 0 bridgehead atoms. The molecular weight excluding hydrogens is 490 g/mol. The minimum Gasteiger partial charge on any atom is -0.494 e. The van der Waals surface area contributed by atoms with E-state index >= 15 is 0 Å². The molecule has 0 heterocycles. The smallest absolute Gasteiger partial charge is 0.259 e. The average molecular weight is 522 g/mol. The number of ether oxygens (including phenoxy) is 2. The highest BCUT2D eigenvalue weighted by atomic mass is 79.9. The molecule has 3 aromatic carbocycles. The number of hydrogen-bond donors (Lipinski definition) is 1. The van der Waals surface area contributed by atoms with Crippen LogP contribution in [0.15, 0.2) is 77.3 Å². The Morgan fingerprint density at radius 2 is 1.65 bits per heavy atom. The highest BCUT2D eigenvalue weighted by Crippen LogP contribution is 2.27. The van der Waals surface area contributed by atoms with Gasteiger partial charge in [0.1, 0.15) is 11.5 Å². The topological polar surface area (TPSA) is 47.6 Å². The Bertz CT molecular complexity index is 1050. The summed E-state index contributed by atoms with van der Waals surface area (Å²) in [6.45, 7) is 1.25. The summed E-state index contributed by atoms with van der Waals surface area (Å²) in [5, 5.41) is 2.97. The number of benzene rings is 3. The minimum absolute atomic E-state index is 0.207. The molecule has 4 rings (SSSR count). The first kappa shape index (κ1) is 24.3. The summed E-state index contributed by atoms with van der Waals surface area (Å²) in [6.07, 6.45) is 8.66. The first-order valence-electron chi connectivity index (χ1n) is 12.2. The van der Waals surface area contributed by atoms with Crippen molar-refractivity contribution in [2.45, 2.75) is 44.9 Å². The van der Waals surface area contributed by atoms with Gasteiger partial charge in [0, 0.05) is 16.6 Å². The van der Waals surface area contributed by atoms with Crippen LogP contribution in [-0.4, -0.2) is 19.1 Å². The van der Waals surface area contributed by atoms with Gasteiger partial charge in [0.05, 0.1) is 18.8 Å². The van der Waals surface area contributed by atoms with Gasteiger partial charge in [-0.15, -0.1) is 0 Å². The SMILES string of the molecule is O=C(Nc1ccc(OCCC2CCCCC2)cc1)c1cc(Br)ccc1OCCc1ccccc1. The third-order valence-electron chi connectivity index (χ3n) is 6.31. The average Bonchev–Trinajstić information content (AvgIpc) is 2.87. The standard InChI is InChI=1S/C29H32BrNO3/c30-24-11-16-28(34-20-18-23-9-5-2-6-10-23)27(21-24)29(32)31-25-12-14-26(15-13-25)33-19-17-22-7-3-1-4-8-22/h2,5-6,9-16,21-22H,1,3-4,7-8,17-20H2,(H,31,32). The molecule has 5 heteroatoms. The fourth-order valence-electron chi connectivity index (χ4n) is 4.38. The molecule has 3 aromatic rings. The number of nitrogens with one attached hydrogen (secondary N) is 1. The van der Waals surface area contributed by atoms with E-state index in [9.17, 15) is 4.79 Å². The molecule has 1 saturated carbocycles. The second-order valence-corrected chi connectivity index (χ2v) is 9.76. The highest BCUT2D eigenvalue weighted by molar-refractivity contribution is 9.10. The summed E-state index contributed by atoms with van der Waals surface area (Å²) in [6, 6.07) is 23.2. The molecule has 0 unspecified atom stereocenters. The number of anilines is 1. The summed E-state index contributed by atoms with van der Waals surface area (Å²) in [7, 11) is 0. The number of halogens is 1. The van der Waals surface area contributed by atoms with Gasteiger partial charge in [-0.25, -0.2) is 0 Å². The van der Waals surface area contributed by atoms with Crippen molar-refractivity contribution in [1.29, 1.82) is 0 Å². The number of rotatable bonds is 10. The summed E-state index contributed by atoms with van der Waals surface area (Å²) in [5.74, 6) is 2.00. The van der Waals surface area contributed by atoms with Crippen molar-refractivity contribution < 1.29 is 14.3 Å². The molecule has 0 aliphatic heterocycles. The van der Waals surface area contributed by atoms with Gasteiger partial charge in [0.25, 0.3) is 5.91 Å². The van der Waals surface area contributed by atoms with Crippen molar-refractivity contribution in [2.75, 3.05) is 18.5 Å². The van der Waals surface area contributed by atoms with Gasteiger partial charge in [-0.05, 0) is 60.4 Å². The van der Waals surface area contributed by atoms with Gasteiger partial charge in [-0.1, -0.05) is 78.4 Å². The number of carbonyl (C=O) groups is 1. The Morgan fingerprint density at radius 1 is 0.882 bits per heavy atom. The number of hydrogen-bond acceptors (Lipinski definition) is 3. The molecule has 34 heavy (non-hydrogen) atoms. The van der Waals surface area contributed by atoms with Crippen LogP contribution in [0.1, 0.15) is 54.4 Å². The Morgan fingerprint density at radius 3 is 2.41 bits per heavy atom. The number of carbonyl (C=O) groups excluding carboxylic acids is 1. The first-order chi connectivity index (χ1) is 16.7. The third-order valence-corrected chi connectivity index (χ3v) is 6.80. The molecule has 0 atom stereocenters. The normalized spacial score (nSPS) is 13.9. The molecule has 1 aliphatic carbocycles. The molecule has 1 fully saturated rings. The van der Waals surface area contributed by atoms with E-state index in [2.05, 4.69) is 33.4 Å². The van der Waals surface area contributed by atoms with E-state index in [4.69, 9.17) is 9.47 Å². The quantitative estimate of drug-likeness (QED) is 0.297. The van der Waals surface area contributed by atoms with Crippen LogP contribution in [0.3, 0.4) is 0 Å². The highest BCUT2D eigenvalue weighted by Gasteiger charge is 2.15. The molecule has 1 amide bonds. The van der Waals surface area contributed by atoms with Crippen LogP contribution in [0.4, 0.5) is 5.69 Å². The van der Waals surface area contributed by atoms with Crippen LogP contribution < -0.4 is 14.8 Å². The van der Waals surface area contributed by atoms with Gasteiger partial charge in [0.2, 0.25) is 0 Å². The Balaban J connectivity index is 1.30. The summed E-state index contributed by atoms with van der Waals surface area (Å²) < 4.78 is 12.7. The molecule has 1 N–H and O–H groups in total. The van der Waals surface area contributed by atoms with Crippen molar-refractivity contribution in [3.05, 3.63) is 88.4 Å². The monoisotopic (exact) mass is 521 g/mol. The first-order valence-corrected chi connectivity index (χ1v) is 13.0. The van der Waals surface area contributed by atoms with Crippen LogP contribution in [0.5, 0.6) is 11.5 Å². The molecule has 0 saturated heterocycles. The summed E-state index contributed by atoms with van der Waals surface area (Å²) >= 11 is 3.47. The molecule has 0 aromatic heterocycles. The molecule has 178 valence electrons. The van der Waals surface area contributed by atoms with Crippen molar-refractivity contribution in [3.8, 4) is 11.5 Å². The Kier molecular flexibility index (Phi) is 9.03. The van der Waals surface area contributed by atoms with Crippen LogP contribution in [0, 0.1) is 5.92 Å². The van der Waals surface area contributed by atoms with Gasteiger partial charge in [-0.3, -0.25) is 4.79 Å². The van der Waals surface area contributed by atoms with Crippen LogP contribution in [-0.2, 0) is 6.42 Å². The largest absolute Gasteiger partial charge is 0.494 e. The van der Waals surface area contributed by atoms with Crippen LogP contribution in [0.2, 0.25) is 0 Å². The fourth-order valence-corrected chi connectivity index (χ4v) is 4.74. The lowest BCUT2D eigenvalue weighted by Gasteiger charge is -2.21. The molecule has 4 nitrogen and oxygen atoms in total. The van der Waals surface area contributed by atoms with Crippen molar-refractivity contribution in [3.63, 3.8) is 0 Å². The maximum absolute atomic E-state index is 13.0. The number of amides is 1. The summed E-state index contributed by atoms with van der Waals surface area (Å²) in [5.41, 5.74) is 2.42. The van der Waals surface area contributed by atoms with Gasteiger partial charge in [0.15, 0.2) is 0 Å². The molecule has 1 aliphatic rings. The molecule has 0 spiro atoms. The van der Waals surface area contributed by atoms with E-state index in [1.54, 1.807) is 6.07 Å². The maximum Gasteiger partial charge on any atom is 0.259 e. The van der Waals surface area contributed by atoms with Gasteiger partial charge >= 0.3 is 0 Å². The lowest BCUT2D eigenvalue weighted by molar-refractivity contribution is 0.102. The zero-order valence-corrected chi connectivity index (χ0v) is 21.1. The predicted octanol–water partition coefficient (Wildman–Crippen LogP) is 7.67. The van der Waals surface area contributed by atoms with Crippen molar-refractivity contribution in [2.24, 2.45) is 5.92 Å². The lowest BCUT2D eigenvalue weighted by atomic mass is 9.87. The minimum atomic E-state index is -0.207.